The third kappa shape index (κ3) is 3.28. The van der Waals surface area contributed by atoms with Gasteiger partial charge in [-0.1, -0.05) is 23.2 Å². The Morgan fingerprint density at radius 2 is 2.00 bits per heavy atom. The van der Waals surface area contributed by atoms with Crippen molar-refractivity contribution in [3.8, 4) is 6.07 Å². The first kappa shape index (κ1) is 13.5. The molecule has 0 aliphatic carbocycles. The topological polar surface area (TPSA) is 66.0 Å². The summed E-state index contributed by atoms with van der Waals surface area (Å²) in [5.74, 6) is -0.0867. The number of nitrogens with one attached hydrogen (secondary N) is 1. The molecule has 1 heterocycles. The summed E-state index contributed by atoms with van der Waals surface area (Å²) in [4.78, 5) is 12.0. The van der Waals surface area contributed by atoms with E-state index in [1.165, 1.54) is 24.5 Å². The monoisotopic (exact) mass is 294 g/mol. The Morgan fingerprint density at radius 1 is 1.32 bits per heavy atom. The maximum absolute atomic E-state index is 12.0. The van der Waals surface area contributed by atoms with Gasteiger partial charge < -0.3 is 9.73 Å². The van der Waals surface area contributed by atoms with Gasteiger partial charge in [0.2, 0.25) is 0 Å². The fourth-order valence-electron chi connectivity index (χ4n) is 1.52. The molecule has 1 aromatic carbocycles. The maximum atomic E-state index is 12.0. The number of carbonyl (C=O) groups is 1. The van der Waals surface area contributed by atoms with Crippen molar-refractivity contribution in [3.63, 3.8) is 0 Å². The van der Waals surface area contributed by atoms with Crippen molar-refractivity contribution >= 4 is 29.1 Å². The lowest BCUT2D eigenvalue weighted by molar-refractivity contribution is 0.0941. The second kappa shape index (κ2) is 5.79. The van der Waals surface area contributed by atoms with Crippen molar-refractivity contribution < 1.29 is 9.21 Å². The molecule has 0 aliphatic heterocycles. The largest absolute Gasteiger partial charge is 0.466 e. The SMILES string of the molecule is N#CC(NC(=O)c1cc(Cl)cc(Cl)c1)c1ccco1. The van der Waals surface area contributed by atoms with E-state index in [0.29, 0.717) is 15.8 Å². The van der Waals surface area contributed by atoms with Gasteiger partial charge in [-0.2, -0.15) is 5.26 Å². The minimum atomic E-state index is -0.861. The minimum absolute atomic E-state index is 0.282. The lowest BCUT2D eigenvalue weighted by Gasteiger charge is -2.09. The van der Waals surface area contributed by atoms with Gasteiger partial charge in [-0.05, 0) is 30.3 Å². The van der Waals surface area contributed by atoms with E-state index in [4.69, 9.17) is 32.9 Å². The van der Waals surface area contributed by atoms with Crippen LogP contribution in [0.5, 0.6) is 0 Å². The molecule has 2 rings (SSSR count). The van der Waals surface area contributed by atoms with Gasteiger partial charge in [-0.25, -0.2) is 0 Å². The molecule has 0 saturated carbocycles. The third-order valence-corrected chi connectivity index (χ3v) is 2.79. The number of nitriles is 1. The van der Waals surface area contributed by atoms with Gasteiger partial charge in [-0.15, -0.1) is 0 Å². The molecule has 1 amide bonds. The van der Waals surface area contributed by atoms with Crippen LogP contribution in [0.15, 0.2) is 41.0 Å². The van der Waals surface area contributed by atoms with E-state index < -0.39 is 11.9 Å². The molecular weight excluding hydrogens is 287 g/mol. The number of nitrogens with zero attached hydrogens (tertiary/aromatic N) is 1. The van der Waals surface area contributed by atoms with Crippen molar-refractivity contribution in [2.75, 3.05) is 0 Å². The molecule has 0 aliphatic rings. The normalized spacial score (nSPS) is 11.6. The molecule has 1 N–H and O–H groups in total. The fraction of sp³-hybridized carbons (Fsp3) is 0.0769. The third-order valence-electron chi connectivity index (χ3n) is 2.36. The Kier molecular flexibility index (Phi) is 4.10. The first-order valence-corrected chi connectivity index (χ1v) is 6.05. The smallest absolute Gasteiger partial charge is 0.252 e. The lowest BCUT2D eigenvalue weighted by atomic mass is 10.2. The zero-order chi connectivity index (χ0) is 13.8. The van der Waals surface area contributed by atoms with Crippen molar-refractivity contribution in [1.29, 1.82) is 5.26 Å². The Balaban J connectivity index is 2.19. The van der Waals surface area contributed by atoms with Gasteiger partial charge in [0, 0.05) is 15.6 Å². The van der Waals surface area contributed by atoms with E-state index in [1.54, 1.807) is 12.1 Å². The zero-order valence-electron chi connectivity index (χ0n) is 9.56. The predicted molar refractivity (Wildman–Crippen MR) is 71.0 cm³/mol. The van der Waals surface area contributed by atoms with Crippen LogP contribution >= 0.6 is 23.2 Å². The number of furan rings is 1. The molecule has 0 saturated heterocycles. The Bertz CT molecular complexity index is 612. The fourth-order valence-corrected chi connectivity index (χ4v) is 2.05. The van der Waals surface area contributed by atoms with E-state index in [0.717, 1.165) is 0 Å². The summed E-state index contributed by atoms with van der Waals surface area (Å²) in [5.41, 5.74) is 0.282. The van der Waals surface area contributed by atoms with Gasteiger partial charge >= 0.3 is 0 Å². The van der Waals surface area contributed by atoms with Gasteiger partial charge in [-0.3, -0.25) is 4.79 Å². The Labute approximate surface area is 119 Å². The molecule has 0 bridgehead atoms. The van der Waals surface area contributed by atoms with Crippen LogP contribution in [0.1, 0.15) is 22.2 Å². The molecule has 1 aromatic heterocycles. The highest BCUT2D eigenvalue weighted by Crippen LogP contribution is 2.20. The zero-order valence-corrected chi connectivity index (χ0v) is 11.1. The molecule has 0 spiro atoms. The molecule has 4 nitrogen and oxygen atoms in total. The standard InChI is InChI=1S/C13H8Cl2N2O2/c14-9-4-8(5-10(15)6-9)13(18)17-11(7-16)12-2-1-3-19-12/h1-6,11H,(H,17,18). The first-order chi connectivity index (χ1) is 9.10. The Morgan fingerprint density at radius 3 is 2.53 bits per heavy atom. The molecule has 0 radical (unpaired) electrons. The van der Waals surface area contributed by atoms with Crippen molar-refractivity contribution in [3.05, 3.63) is 58.0 Å². The number of amides is 1. The number of carbonyl (C=O) groups excluding carboxylic acids is 1. The summed E-state index contributed by atoms with van der Waals surface area (Å²) >= 11 is 11.6. The average molecular weight is 295 g/mol. The van der Waals surface area contributed by atoms with E-state index in [1.807, 2.05) is 6.07 Å². The highest BCUT2D eigenvalue weighted by molar-refractivity contribution is 6.35. The van der Waals surface area contributed by atoms with Crippen molar-refractivity contribution in [1.82, 2.24) is 5.32 Å². The number of halogens is 2. The van der Waals surface area contributed by atoms with Gasteiger partial charge in [0.25, 0.3) is 5.91 Å². The molecule has 0 fully saturated rings. The van der Waals surface area contributed by atoms with Crippen LogP contribution in [0, 0.1) is 11.3 Å². The molecule has 19 heavy (non-hydrogen) atoms. The van der Waals surface area contributed by atoms with Crippen LogP contribution in [-0.2, 0) is 0 Å². The van der Waals surface area contributed by atoms with Gasteiger partial charge in [0.15, 0.2) is 6.04 Å². The second-order valence-corrected chi connectivity index (χ2v) is 4.58. The van der Waals surface area contributed by atoms with Gasteiger partial charge in [0.05, 0.1) is 12.3 Å². The predicted octanol–water partition coefficient (Wildman–Crippen LogP) is 3.58. The van der Waals surface area contributed by atoms with Crippen LogP contribution in [0.3, 0.4) is 0 Å². The van der Waals surface area contributed by atoms with Crippen molar-refractivity contribution in [2.24, 2.45) is 0 Å². The molecule has 96 valence electrons. The van der Waals surface area contributed by atoms with E-state index in [9.17, 15) is 4.79 Å². The summed E-state index contributed by atoms with van der Waals surface area (Å²) in [7, 11) is 0. The molecular formula is C13H8Cl2N2O2. The van der Waals surface area contributed by atoms with Crippen LogP contribution in [0.25, 0.3) is 0 Å². The van der Waals surface area contributed by atoms with E-state index in [-0.39, 0.29) is 5.56 Å². The number of benzene rings is 1. The highest BCUT2D eigenvalue weighted by Gasteiger charge is 2.17. The number of rotatable bonds is 3. The van der Waals surface area contributed by atoms with Gasteiger partial charge in [0.1, 0.15) is 5.76 Å². The molecule has 6 heteroatoms. The van der Waals surface area contributed by atoms with Crippen molar-refractivity contribution in [2.45, 2.75) is 6.04 Å². The Hall–Kier alpha value is -1.96. The summed E-state index contributed by atoms with van der Waals surface area (Å²) in [6.45, 7) is 0. The average Bonchev–Trinajstić information content (AvgIpc) is 2.88. The summed E-state index contributed by atoms with van der Waals surface area (Å²) in [6.07, 6.45) is 1.43. The summed E-state index contributed by atoms with van der Waals surface area (Å²) < 4.78 is 5.08. The first-order valence-electron chi connectivity index (χ1n) is 5.30. The number of hydrogen-bond acceptors (Lipinski definition) is 3. The molecule has 2 aromatic rings. The number of hydrogen-bond donors (Lipinski definition) is 1. The highest BCUT2D eigenvalue weighted by atomic mass is 35.5. The molecule has 1 atom stereocenters. The maximum Gasteiger partial charge on any atom is 0.252 e. The van der Waals surface area contributed by atoms with Crippen LogP contribution in [0.4, 0.5) is 0 Å². The van der Waals surface area contributed by atoms with Crippen LogP contribution in [0.2, 0.25) is 10.0 Å². The van der Waals surface area contributed by atoms with E-state index in [2.05, 4.69) is 5.32 Å². The minimum Gasteiger partial charge on any atom is -0.466 e. The summed E-state index contributed by atoms with van der Waals surface area (Å²) in [5, 5.41) is 12.3. The summed E-state index contributed by atoms with van der Waals surface area (Å²) in [6, 6.07) is 8.80. The van der Waals surface area contributed by atoms with Crippen LogP contribution < -0.4 is 5.32 Å². The lowest BCUT2D eigenvalue weighted by Crippen LogP contribution is -2.27. The quantitative estimate of drug-likeness (QED) is 0.941. The van der Waals surface area contributed by atoms with Crippen LogP contribution in [-0.4, -0.2) is 5.91 Å². The molecule has 1 unspecified atom stereocenters. The van der Waals surface area contributed by atoms with E-state index >= 15 is 0 Å². The second-order valence-electron chi connectivity index (χ2n) is 3.71.